The maximum Gasteiger partial charge on any atom is 0.267 e. The highest BCUT2D eigenvalue weighted by atomic mass is 32.2. The van der Waals surface area contributed by atoms with Crippen LogP contribution in [0, 0.1) is 5.82 Å². The molecule has 0 aliphatic carbocycles. The van der Waals surface area contributed by atoms with Crippen LogP contribution in [0.15, 0.2) is 47.5 Å². The van der Waals surface area contributed by atoms with Gasteiger partial charge in [0.15, 0.2) is 5.17 Å². The lowest BCUT2D eigenvalue weighted by atomic mass is 10.1. The zero-order chi connectivity index (χ0) is 18.5. The molecule has 1 heterocycles. The second-order valence-electron chi connectivity index (χ2n) is 5.57. The van der Waals surface area contributed by atoms with E-state index in [1.807, 2.05) is 0 Å². The molecular weight excluding hydrogens is 355 g/mol. The van der Waals surface area contributed by atoms with E-state index in [0.29, 0.717) is 41.1 Å². The number of hydrogen-bond acceptors (Lipinski definition) is 5. The molecule has 3 rings (SSSR count). The number of rotatable bonds is 5. The molecule has 5 nitrogen and oxygen atoms in total. The summed E-state index contributed by atoms with van der Waals surface area (Å²) in [6, 6.07) is 11.5. The van der Waals surface area contributed by atoms with Gasteiger partial charge in [0.2, 0.25) is 0 Å². The van der Waals surface area contributed by atoms with Crippen molar-refractivity contribution in [2.24, 2.45) is 4.99 Å². The highest BCUT2D eigenvalue weighted by molar-refractivity contribution is 8.13. The predicted molar refractivity (Wildman–Crippen MR) is 101 cm³/mol. The summed E-state index contributed by atoms with van der Waals surface area (Å²) >= 11 is 1.45. The Labute approximate surface area is 155 Å². The number of carbonyl (C=O) groups excluding carboxylic acids is 1. The molecule has 0 aromatic heterocycles. The Kier molecular flexibility index (Phi) is 5.78. The van der Waals surface area contributed by atoms with E-state index in [2.05, 4.69) is 4.99 Å². The number of benzene rings is 2. The molecule has 7 heteroatoms. The van der Waals surface area contributed by atoms with Gasteiger partial charge >= 0.3 is 0 Å². The smallest absolute Gasteiger partial charge is 0.267 e. The molecule has 2 aromatic rings. The first-order valence-electron chi connectivity index (χ1n) is 8.08. The van der Waals surface area contributed by atoms with E-state index in [1.54, 1.807) is 35.2 Å². The van der Waals surface area contributed by atoms with Gasteiger partial charge in [-0.25, -0.2) is 4.39 Å². The summed E-state index contributed by atoms with van der Waals surface area (Å²) in [5.74, 6) is 1.05. The molecule has 26 heavy (non-hydrogen) atoms. The van der Waals surface area contributed by atoms with Gasteiger partial charge in [-0.05, 0) is 29.8 Å². The van der Waals surface area contributed by atoms with Crippen LogP contribution in [-0.2, 0) is 5.75 Å². The van der Waals surface area contributed by atoms with Crippen LogP contribution in [-0.4, -0.2) is 43.3 Å². The molecule has 0 atom stereocenters. The largest absolute Gasteiger partial charge is 0.496 e. The van der Waals surface area contributed by atoms with E-state index >= 15 is 0 Å². The molecular formula is C19H19FN2O3S. The Balaban J connectivity index is 1.77. The minimum Gasteiger partial charge on any atom is -0.496 e. The fourth-order valence-electron chi connectivity index (χ4n) is 2.66. The van der Waals surface area contributed by atoms with Gasteiger partial charge in [0, 0.05) is 12.3 Å². The zero-order valence-corrected chi connectivity index (χ0v) is 15.4. The molecule has 1 amide bonds. The average molecular weight is 374 g/mol. The molecule has 0 bridgehead atoms. The third kappa shape index (κ3) is 3.83. The van der Waals surface area contributed by atoms with Gasteiger partial charge in [-0.1, -0.05) is 30.0 Å². The van der Waals surface area contributed by atoms with Crippen molar-refractivity contribution in [2.45, 2.75) is 5.75 Å². The van der Waals surface area contributed by atoms with Gasteiger partial charge in [0.1, 0.15) is 22.9 Å². The van der Waals surface area contributed by atoms with Gasteiger partial charge in [0.05, 0.1) is 20.8 Å². The summed E-state index contributed by atoms with van der Waals surface area (Å²) in [5, 5.41) is 0.646. The lowest BCUT2D eigenvalue weighted by Gasteiger charge is -2.20. The summed E-state index contributed by atoms with van der Waals surface area (Å²) in [6.07, 6.45) is 0. The Morgan fingerprint density at radius 2 is 1.81 bits per heavy atom. The van der Waals surface area contributed by atoms with Gasteiger partial charge in [-0.15, -0.1) is 0 Å². The highest BCUT2D eigenvalue weighted by Gasteiger charge is 2.29. The first kappa shape index (κ1) is 18.3. The monoisotopic (exact) mass is 374 g/mol. The standard InChI is InChI=1S/C19H19FN2O3S/c1-24-15-4-3-5-16(25-2)17(15)18(23)22-11-10-21-19(22)26-12-13-6-8-14(20)9-7-13/h3-9H,10-12H2,1-2H3. The maximum absolute atomic E-state index is 13.1. The average Bonchev–Trinajstić information content (AvgIpc) is 3.15. The molecule has 0 N–H and O–H groups in total. The minimum atomic E-state index is -0.267. The third-order valence-electron chi connectivity index (χ3n) is 3.97. The number of aliphatic imine (C=N–C) groups is 1. The van der Waals surface area contributed by atoms with Crippen LogP contribution in [0.2, 0.25) is 0 Å². The fourth-order valence-corrected chi connectivity index (χ4v) is 3.66. The first-order valence-corrected chi connectivity index (χ1v) is 9.07. The topological polar surface area (TPSA) is 51.1 Å². The predicted octanol–water partition coefficient (Wildman–Crippen LogP) is 3.59. The van der Waals surface area contributed by atoms with Crippen molar-refractivity contribution in [1.29, 1.82) is 0 Å². The van der Waals surface area contributed by atoms with Crippen molar-refractivity contribution in [3.05, 3.63) is 59.4 Å². The molecule has 0 saturated carbocycles. The van der Waals surface area contributed by atoms with Crippen LogP contribution in [0.4, 0.5) is 4.39 Å². The van der Waals surface area contributed by atoms with Crippen molar-refractivity contribution < 1.29 is 18.7 Å². The molecule has 0 radical (unpaired) electrons. The fraction of sp³-hybridized carbons (Fsp3) is 0.263. The minimum absolute atomic E-state index is 0.206. The van der Waals surface area contributed by atoms with Crippen LogP contribution < -0.4 is 9.47 Å². The number of hydrogen-bond donors (Lipinski definition) is 0. The molecule has 0 spiro atoms. The molecule has 1 aliphatic heterocycles. The SMILES string of the molecule is COc1cccc(OC)c1C(=O)N1CCN=C1SCc1ccc(F)cc1. The number of methoxy groups -OCH3 is 2. The summed E-state index contributed by atoms with van der Waals surface area (Å²) in [4.78, 5) is 19.2. The van der Waals surface area contributed by atoms with Gasteiger partial charge in [-0.2, -0.15) is 0 Å². The molecule has 1 aliphatic rings. The lowest BCUT2D eigenvalue weighted by molar-refractivity contribution is 0.0854. The van der Waals surface area contributed by atoms with Crippen molar-refractivity contribution in [2.75, 3.05) is 27.3 Å². The van der Waals surface area contributed by atoms with Gasteiger partial charge in [0.25, 0.3) is 5.91 Å². The van der Waals surface area contributed by atoms with Crippen LogP contribution in [0.25, 0.3) is 0 Å². The molecule has 136 valence electrons. The summed E-state index contributed by atoms with van der Waals surface area (Å²) in [6.45, 7) is 1.06. The quantitative estimate of drug-likeness (QED) is 0.803. The highest BCUT2D eigenvalue weighted by Crippen LogP contribution is 2.31. The normalized spacial score (nSPS) is 13.5. The number of ether oxygens (including phenoxy) is 2. The second kappa shape index (κ2) is 8.23. The number of halogens is 1. The van der Waals surface area contributed by atoms with Gasteiger partial charge in [-0.3, -0.25) is 14.7 Å². The van der Waals surface area contributed by atoms with E-state index in [0.717, 1.165) is 5.56 Å². The number of thioether (sulfide) groups is 1. The van der Waals surface area contributed by atoms with Crippen molar-refractivity contribution >= 4 is 22.8 Å². The summed E-state index contributed by atoms with van der Waals surface area (Å²) in [7, 11) is 3.04. The van der Waals surface area contributed by atoms with Crippen LogP contribution in [0.3, 0.4) is 0 Å². The number of nitrogens with zero attached hydrogens (tertiary/aromatic N) is 2. The van der Waals surface area contributed by atoms with Crippen LogP contribution in [0.5, 0.6) is 11.5 Å². The second-order valence-corrected chi connectivity index (χ2v) is 6.52. The van der Waals surface area contributed by atoms with Gasteiger partial charge < -0.3 is 9.47 Å². The van der Waals surface area contributed by atoms with Crippen LogP contribution >= 0.6 is 11.8 Å². The zero-order valence-electron chi connectivity index (χ0n) is 14.6. The third-order valence-corrected chi connectivity index (χ3v) is 5.05. The molecule has 0 fully saturated rings. The Hall–Kier alpha value is -2.54. The van der Waals surface area contributed by atoms with Crippen molar-refractivity contribution in [1.82, 2.24) is 4.90 Å². The van der Waals surface area contributed by atoms with E-state index in [9.17, 15) is 9.18 Å². The Bertz CT molecular complexity index is 802. The number of amidine groups is 1. The summed E-state index contributed by atoms with van der Waals surface area (Å²) in [5.41, 5.74) is 1.35. The van der Waals surface area contributed by atoms with E-state index in [1.165, 1.54) is 38.1 Å². The van der Waals surface area contributed by atoms with Crippen LogP contribution in [0.1, 0.15) is 15.9 Å². The Morgan fingerprint density at radius 1 is 1.15 bits per heavy atom. The lowest BCUT2D eigenvalue weighted by Crippen LogP contribution is -2.33. The molecule has 2 aromatic carbocycles. The van der Waals surface area contributed by atoms with E-state index < -0.39 is 0 Å². The number of carbonyl (C=O) groups is 1. The summed E-state index contributed by atoms with van der Waals surface area (Å²) < 4.78 is 23.7. The molecule has 0 saturated heterocycles. The Morgan fingerprint density at radius 3 is 2.42 bits per heavy atom. The van der Waals surface area contributed by atoms with Crippen molar-refractivity contribution in [3.63, 3.8) is 0 Å². The van der Waals surface area contributed by atoms with E-state index in [-0.39, 0.29) is 11.7 Å². The van der Waals surface area contributed by atoms with Crippen molar-refractivity contribution in [3.8, 4) is 11.5 Å². The maximum atomic E-state index is 13.1. The first-order chi connectivity index (χ1) is 12.6. The number of amides is 1. The molecule has 0 unspecified atom stereocenters. The van der Waals surface area contributed by atoms with E-state index in [4.69, 9.17) is 9.47 Å².